The molecule has 5 unspecified atom stereocenters. The third kappa shape index (κ3) is 30.5. The smallest absolute Gasteiger partial charge is 0.108 e. The Labute approximate surface area is 722 Å². The Morgan fingerprint density at radius 2 is 0.615 bits per heavy atom. The van der Waals surface area contributed by atoms with Crippen LogP contribution >= 0.6 is 0 Å². The third-order valence-corrected chi connectivity index (χ3v) is 30.5. The molecule has 18 aliphatic rings. The molecule has 14 heterocycles. The number of rotatable bonds is 0. The largest absolute Gasteiger partial charge is 0.381 e. The first-order valence-corrected chi connectivity index (χ1v) is 48.7. The van der Waals surface area contributed by atoms with Gasteiger partial charge in [0.1, 0.15) is 6.17 Å². The van der Waals surface area contributed by atoms with Crippen molar-refractivity contribution in [3.63, 3.8) is 0 Å². The standard InChI is InChI=1S/C11H20FN.4C10H19NO.C10H21NO.3C10H19N.C9H19NO/c1-10(2,3)13-7-4-9(12)11(8-13)5-6-11;1-10(2,3)11-4-8-6-12-7-9(8)5-11;3*1-10(2,3)11-5-4-9-6-8(11)7-12-9;1-9(2,3)11-6-7-12-10(4,5)8-11;2*1-10(2,3)11-5-4-8-6-9(8)7-11;1-10(2,3)11-6-8-4-5-9(8)7-11;1-9(2,3)10-5-4-7-11-8-6-10/h9H,4-8H2,1-3H3;4*8-9H,4-7H2,1-3H3;6-8H2,1-5H3;3*8-9H,4-7H2,1-3H3;4-8H2,1-3H3/t;3*8-,9+;;;2*8-,9-;;/m..10..10../s1. The lowest BCUT2D eigenvalue weighted by molar-refractivity contribution is -0.108. The summed E-state index contributed by atoms with van der Waals surface area (Å²) in [6, 6.07) is 2.09. The highest BCUT2D eigenvalue weighted by Gasteiger charge is 2.55. The number of ether oxygens (including phenoxy) is 6. The number of nitrogens with zero attached hydrogens (tertiary/aromatic N) is 10. The van der Waals surface area contributed by atoms with Gasteiger partial charge in [-0.05, 0) is 373 Å². The highest BCUT2D eigenvalue weighted by Crippen LogP contribution is 2.55. The van der Waals surface area contributed by atoms with Crippen molar-refractivity contribution in [2.24, 2.45) is 52.8 Å². The molecule has 4 saturated carbocycles. The molecule has 0 radical (unpaired) electrons. The monoisotopic (exact) mass is 1650 g/mol. The maximum absolute atomic E-state index is 13.6. The molecule has 18 rings (SSSR count). The van der Waals surface area contributed by atoms with E-state index >= 15 is 0 Å². The fraction of sp³-hybridized carbons (Fsp3) is 1.00. The molecule has 0 aromatic carbocycles. The van der Waals surface area contributed by atoms with Gasteiger partial charge in [0.05, 0.1) is 70.2 Å². The number of morpholine rings is 1. The van der Waals surface area contributed by atoms with Gasteiger partial charge in [0.15, 0.2) is 0 Å². The fourth-order valence-corrected chi connectivity index (χ4v) is 21.6. The van der Waals surface area contributed by atoms with Crippen molar-refractivity contribution in [1.82, 2.24) is 49.0 Å². The van der Waals surface area contributed by atoms with Crippen LogP contribution in [0.15, 0.2) is 0 Å². The van der Waals surface area contributed by atoms with Crippen LogP contribution in [0.2, 0.25) is 0 Å². The molecule has 686 valence electrons. The molecule has 17 heteroatoms. The lowest BCUT2D eigenvalue weighted by atomic mass is 9.77. The summed E-state index contributed by atoms with van der Waals surface area (Å²) >= 11 is 0. The summed E-state index contributed by atoms with van der Waals surface area (Å²) in [4.78, 5) is 25.7. The minimum atomic E-state index is -0.522. The molecular formula is C100H193FN10O6. The number of likely N-dealkylation sites (tertiary alicyclic amines) is 8. The summed E-state index contributed by atoms with van der Waals surface area (Å²) in [6.07, 6.45) is 21.8. The predicted octanol–water partition coefficient (Wildman–Crippen LogP) is 18.7. The van der Waals surface area contributed by atoms with Crippen LogP contribution in [0.5, 0.6) is 0 Å². The highest BCUT2D eigenvalue weighted by molar-refractivity contribution is 5.06. The molecule has 0 aromatic rings. The molecule has 6 bridgehead atoms. The summed E-state index contributed by atoms with van der Waals surface area (Å²) in [6.45, 7) is 101. The van der Waals surface area contributed by atoms with Crippen LogP contribution in [-0.4, -0.2) is 317 Å². The molecule has 117 heavy (non-hydrogen) atoms. The van der Waals surface area contributed by atoms with Gasteiger partial charge in [-0.25, -0.2) is 4.39 Å². The molecule has 16 nitrogen and oxygen atoms in total. The van der Waals surface area contributed by atoms with Gasteiger partial charge in [0.25, 0.3) is 0 Å². The lowest BCUT2D eigenvalue weighted by Crippen LogP contribution is -2.55. The average Bonchev–Trinajstić information content (AvgIpc) is 1.60. The second-order valence-electron chi connectivity index (χ2n) is 50.7. The van der Waals surface area contributed by atoms with Crippen LogP contribution in [0.3, 0.4) is 0 Å². The van der Waals surface area contributed by atoms with Crippen molar-refractivity contribution in [2.45, 2.75) is 428 Å². The molecule has 0 aromatic heterocycles. The zero-order valence-electron chi connectivity index (χ0n) is 83.0. The summed E-state index contributed by atoms with van der Waals surface area (Å²) in [5.41, 5.74) is 3.47. The summed E-state index contributed by atoms with van der Waals surface area (Å²) in [5, 5.41) is 0. The highest BCUT2D eigenvalue weighted by atomic mass is 19.1. The minimum absolute atomic E-state index is 0.0333. The van der Waals surface area contributed by atoms with E-state index < -0.39 is 6.17 Å². The molecule has 15 atom stereocenters. The van der Waals surface area contributed by atoms with E-state index in [1.54, 1.807) is 0 Å². The molecule has 14 aliphatic heterocycles. The number of hydrogen-bond acceptors (Lipinski definition) is 16. The van der Waals surface area contributed by atoms with Gasteiger partial charge in [0, 0.05) is 196 Å². The number of fused-ring (bicyclic) bond motifs is 10. The first kappa shape index (κ1) is 100. The van der Waals surface area contributed by atoms with Crippen LogP contribution in [0.25, 0.3) is 0 Å². The molecule has 1 spiro atoms. The maximum atomic E-state index is 13.6. The van der Waals surface area contributed by atoms with Gasteiger partial charge in [0.2, 0.25) is 0 Å². The van der Waals surface area contributed by atoms with Crippen LogP contribution in [0, 0.1) is 52.8 Å². The Morgan fingerprint density at radius 3 is 0.940 bits per heavy atom. The summed E-state index contributed by atoms with van der Waals surface area (Å²) < 4.78 is 47.0. The maximum Gasteiger partial charge on any atom is 0.108 e. The first-order chi connectivity index (χ1) is 53.9. The summed E-state index contributed by atoms with van der Waals surface area (Å²) in [5.74, 6) is 8.16. The van der Waals surface area contributed by atoms with E-state index in [0.717, 1.165) is 152 Å². The zero-order chi connectivity index (χ0) is 86.7. The van der Waals surface area contributed by atoms with E-state index in [2.05, 4.69) is 271 Å². The number of piperidine rings is 6. The SMILES string of the molecule is CC(C)(C)N1CC2CCC2C1.CC(C)(C)N1CCC(F)C2(CC2)C1.CC(C)(C)N1CCC2CC1CO2.CC(C)(C)N1CCCOCC1.CC(C)(C)N1CC[C@@H]2C[C@@H]2C1.CC(C)(C)N1CC[C@@H]2C[C@H]1CO2.CC(C)(C)N1CC[C@H]2C[C@@H]1CO2.CC(C)(C)N1CC[C@H]2C[C@H]2C1.CC(C)(C)N1C[C@H]2COC[C@H]2C1.CC1(C)CN(C(C)(C)C)CCO1. The first-order valence-electron chi connectivity index (χ1n) is 48.7. The molecule has 0 N–H and O–H groups in total. The van der Waals surface area contributed by atoms with Gasteiger partial charge in [-0.3, -0.25) is 49.0 Å². The van der Waals surface area contributed by atoms with Gasteiger partial charge in [-0.1, -0.05) is 0 Å². The molecule has 18 fully saturated rings. The van der Waals surface area contributed by atoms with E-state index in [9.17, 15) is 4.39 Å². The van der Waals surface area contributed by atoms with E-state index in [1.807, 2.05) is 0 Å². The Bertz CT molecular complexity index is 2720. The average molecular weight is 1650 g/mol. The van der Waals surface area contributed by atoms with E-state index in [-0.39, 0.29) is 22.1 Å². The Kier molecular flexibility index (Phi) is 34.5. The normalized spacial score (nSPS) is 34.7. The van der Waals surface area contributed by atoms with Crippen LogP contribution < -0.4 is 0 Å². The Balaban J connectivity index is 0.000000148. The van der Waals surface area contributed by atoms with E-state index in [1.165, 1.54) is 162 Å². The third-order valence-electron chi connectivity index (χ3n) is 30.5. The van der Waals surface area contributed by atoms with Crippen molar-refractivity contribution < 1.29 is 32.8 Å². The van der Waals surface area contributed by atoms with Gasteiger partial charge >= 0.3 is 0 Å². The molecule has 14 saturated heterocycles. The molecular weight excluding hydrogens is 1460 g/mol. The number of alkyl halides is 1. The van der Waals surface area contributed by atoms with Crippen molar-refractivity contribution >= 4 is 0 Å². The van der Waals surface area contributed by atoms with Crippen molar-refractivity contribution in [1.29, 1.82) is 0 Å². The second-order valence-corrected chi connectivity index (χ2v) is 50.7. The zero-order valence-corrected chi connectivity index (χ0v) is 83.0. The lowest BCUT2D eigenvalue weighted by Gasteiger charge is -2.45. The van der Waals surface area contributed by atoms with E-state index in [4.69, 9.17) is 28.4 Å². The quantitative estimate of drug-likeness (QED) is 0.230. The van der Waals surface area contributed by atoms with Crippen LogP contribution in [0.1, 0.15) is 324 Å². The van der Waals surface area contributed by atoms with Crippen LogP contribution in [-0.2, 0) is 28.4 Å². The predicted molar refractivity (Wildman–Crippen MR) is 490 cm³/mol. The number of hydrogen-bond donors (Lipinski definition) is 0. The van der Waals surface area contributed by atoms with Crippen molar-refractivity contribution in [2.75, 3.05) is 164 Å². The summed E-state index contributed by atoms with van der Waals surface area (Å²) in [7, 11) is 0. The van der Waals surface area contributed by atoms with Crippen molar-refractivity contribution in [3.05, 3.63) is 0 Å². The molecule has 0 amide bonds. The Hall–Kier alpha value is -0.710. The van der Waals surface area contributed by atoms with Gasteiger partial charge in [-0.15, -0.1) is 0 Å². The van der Waals surface area contributed by atoms with Crippen LogP contribution in [0.4, 0.5) is 4.39 Å². The van der Waals surface area contributed by atoms with E-state index in [0.29, 0.717) is 80.7 Å². The van der Waals surface area contributed by atoms with Gasteiger partial charge in [-0.2, -0.15) is 0 Å². The van der Waals surface area contributed by atoms with Gasteiger partial charge < -0.3 is 28.4 Å². The molecule has 4 aliphatic carbocycles. The minimum Gasteiger partial charge on any atom is -0.381 e. The second kappa shape index (κ2) is 40.3. The fourth-order valence-electron chi connectivity index (χ4n) is 21.6. The Morgan fingerprint density at radius 1 is 0.274 bits per heavy atom. The number of halogens is 1. The topological polar surface area (TPSA) is 87.8 Å². The van der Waals surface area contributed by atoms with Crippen molar-refractivity contribution in [3.8, 4) is 0 Å².